The van der Waals surface area contributed by atoms with Crippen LogP contribution >= 0.6 is 11.8 Å². The summed E-state index contributed by atoms with van der Waals surface area (Å²) in [4.78, 5) is 31.2. The lowest BCUT2D eigenvalue weighted by Crippen LogP contribution is -2.52. The first-order chi connectivity index (χ1) is 14.0. The molecule has 6 heteroatoms. The molecule has 1 saturated heterocycles. The highest BCUT2D eigenvalue weighted by atomic mass is 32.2. The van der Waals surface area contributed by atoms with Crippen molar-refractivity contribution in [3.8, 4) is 0 Å². The highest BCUT2D eigenvalue weighted by Crippen LogP contribution is 2.56. The molecule has 5 nitrogen and oxygen atoms in total. The van der Waals surface area contributed by atoms with E-state index in [1.54, 1.807) is 16.7 Å². The third-order valence-corrected chi connectivity index (χ3v) is 7.45. The zero-order valence-corrected chi connectivity index (χ0v) is 17.3. The Morgan fingerprint density at radius 2 is 1.93 bits per heavy atom. The van der Waals surface area contributed by atoms with E-state index in [9.17, 15) is 9.59 Å². The SMILES string of the molecule is CC1(C)S[C@H]2c3ccccc3C(=O)N2[C@H]1C(=O)NCCc1c[nH]c2ccccc12. The van der Waals surface area contributed by atoms with E-state index >= 15 is 0 Å². The molecule has 148 valence electrons. The van der Waals surface area contributed by atoms with Gasteiger partial charge in [-0.25, -0.2) is 0 Å². The number of thioether (sulfide) groups is 1. The molecule has 1 aromatic heterocycles. The first kappa shape index (κ1) is 18.3. The second-order valence-corrected chi connectivity index (χ2v) is 9.91. The number of hydrogen-bond acceptors (Lipinski definition) is 3. The van der Waals surface area contributed by atoms with E-state index in [1.807, 2.05) is 48.7 Å². The number of benzene rings is 2. The standard InChI is InChI=1S/C23H23N3O2S/c1-23(2)19(26-21(28)16-8-3-4-9-17(16)22(26)29-23)20(27)24-12-11-14-13-25-18-10-6-5-7-15(14)18/h3-10,13,19,22,25H,11-12H2,1-2H3,(H,24,27)/t19-,22-/m0/s1. The first-order valence-electron chi connectivity index (χ1n) is 9.89. The third kappa shape index (κ3) is 2.85. The number of fused-ring (bicyclic) bond motifs is 4. The fourth-order valence-corrected chi connectivity index (χ4v) is 6.15. The van der Waals surface area contributed by atoms with Gasteiger partial charge in [-0.3, -0.25) is 9.59 Å². The van der Waals surface area contributed by atoms with Gasteiger partial charge in [-0.1, -0.05) is 36.4 Å². The molecule has 2 aromatic carbocycles. The molecule has 0 bridgehead atoms. The monoisotopic (exact) mass is 405 g/mol. The molecule has 0 aliphatic carbocycles. The molecule has 0 unspecified atom stereocenters. The van der Waals surface area contributed by atoms with Crippen LogP contribution in [0.3, 0.4) is 0 Å². The van der Waals surface area contributed by atoms with Gasteiger partial charge in [0.15, 0.2) is 0 Å². The summed E-state index contributed by atoms with van der Waals surface area (Å²) in [6.45, 7) is 4.64. The van der Waals surface area contributed by atoms with Crippen LogP contribution < -0.4 is 5.32 Å². The van der Waals surface area contributed by atoms with E-state index in [2.05, 4.69) is 30.2 Å². The van der Waals surface area contributed by atoms with Crippen molar-refractivity contribution in [2.24, 2.45) is 0 Å². The van der Waals surface area contributed by atoms with Crippen molar-refractivity contribution >= 4 is 34.5 Å². The van der Waals surface area contributed by atoms with Crippen LogP contribution in [0, 0.1) is 0 Å². The second-order valence-electron chi connectivity index (χ2n) is 8.18. The van der Waals surface area contributed by atoms with Gasteiger partial charge in [0.05, 0.1) is 0 Å². The van der Waals surface area contributed by atoms with E-state index in [4.69, 9.17) is 0 Å². The van der Waals surface area contributed by atoms with Gasteiger partial charge >= 0.3 is 0 Å². The molecule has 3 heterocycles. The number of nitrogens with one attached hydrogen (secondary N) is 2. The molecule has 2 atom stereocenters. The van der Waals surface area contributed by atoms with E-state index in [-0.39, 0.29) is 21.9 Å². The Labute approximate surface area is 173 Å². The number of aromatic nitrogens is 1. The van der Waals surface area contributed by atoms with E-state index < -0.39 is 6.04 Å². The molecule has 29 heavy (non-hydrogen) atoms. The number of amides is 2. The first-order valence-corrected chi connectivity index (χ1v) is 10.8. The number of nitrogens with zero attached hydrogens (tertiary/aromatic N) is 1. The van der Waals surface area contributed by atoms with Gasteiger partial charge < -0.3 is 15.2 Å². The maximum absolute atomic E-state index is 13.2. The molecule has 2 aliphatic rings. The van der Waals surface area contributed by atoms with Crippen molar-refractivity contribution in [2.45, 2.75) is 36.4 Å². The average Bonchev–Trinajstić information content (AvgIpc) is 3.32. The van der Waals surface area contributed by atoms with Crippen molar-refractivity contribution in [1.29, 1.82) is 0 Å². The number of H-pyrrole nitrogens is 1. The van der Waals surface area contributed by atoms with Crippen LogP contribution in [0.1, 0.15) is 40.7 Å². The lowest BCUT2D eigenvalue weighted by atomic mass is 10.0. The van der Waals surface area contributed by atoms with Crippen LogP contribution in [-0.4, -0.2) is 39.0 Å². The van der Waals surface area contributed by atoms with Gasteiger partial charge in [-0.05, 0) is 43.5 Å². The largest absolute Gasteiger partial charge is 0.361 e. The Kier molecular flexibility index (Phi) is 4.21. The minimum Gasteiger partial charge on any atom is -0.361 e. The molecule has 0 spiro atoms. The zero-order valence-electron chi connectivity index (χ0n) is 16.4. The molecule has 2 N–H and O–H groups in total. The van der Waals surface area contributed by atoms with Crippen LogP contribution in [0.5, 0.6) is 0 Å². The summed E-state index contributed by atoms with van der Waals surface area (Å²) in [5, 5.41) is 4.18. The molecule has 2 aliphatic heterocycles. The molecule has 0 saturated carbocycles. The number of carbonyl (C=O) groups is 2. The Balaban J connectivity index is 1.32. The predicted molar refractivity (Wildman–Crippen MR) is 116 cm³/mol. The Morgan fingerprint density at radius 1 is 1.17 bits per heavy atom. The Morgan fingerprint density at radius 3 is 2.79 bits per heavy atom. The fraction of sp³-hybridized carbons (Fsp3) is 0.304. The molecule has 0 radical (unpaired) electrons. The van der Waals surface area contributed by atoms with Crippen molar-refractivity contribution < 1.29 is 9.59 Å². The van der Waals surface area contributed by atoms with E-state index in [0.717, 1.165) is 23.1 Å². The van der Waals surface area contributed by atoms with Crippen molar-refractivity contribution in [3.63, 3.8) is 0 Å². The van der Waals surface area contributed by atoms with Crippen molar-refractivity contribution in [3.05, 3.63) is 71.4 Å². The van der Waals surface area contributed by atoms with Gasteiger partial charge in [0.25, 0.3) is 5.91 Å². The van der Waals surface area contributed by atoms with Gasteiger partial charge in [-0.2, -0.15) is 0 Å². The summed E-state index contributed by atoms with van der Waals surface area (Å²) in [7, 11) is 0. The summed E-state index contributed by atoms with van der Waals surface area (Å²) in [6, 6.07) is 15.4. The normalized spacial score (nSPS) is 22.0. The zero-order chi connectivity index (χ0) is 20.2. The molecule has 3 aromatic rings. The Bertz CT molecular complexity index is 1120. The lowest BCUT2D eigenvalue weighted by Gasteiger charge is -2.29. The summed E-state index contributed by atoms with van der Waals surface area (Å²) in [5.74, 6) is -0.119. The number of rotatable bonds is 4. The maximum Gasteiger partial charge on any atom is 0.256 e. The highest BCUT2D eigenvalue weighted by Gasteiger charge is 2.57. The van der Waals surface area contributed by atoms with Crippen LogP contribution in [0.2, 0.25) is 0 Å². The van der Waals surface area contributed by atoms with Gasteiger partial charge in [0.1, 0.15) is 11.4 Å². The van der Waals surface area contributed by atoms with Gasteiger partial charge in [0, 0.05) is 34.0 Å². The van der Waals surface area contributed by atoms with Crippen LogP contribution in [0.4, 0.5) is 0 Å². The molecular formula is C23H23N3O2S. The number of carbonyl (C=O) groups excluding carboxylic acids is 2. The average molecular weight is 406 g/mol. The molecule has 2 amide bonds. The number of para-hydroxylation sites is 1. The maximum atomic E-state index is 13.2. The smallest absolute Gasteiger partial charge is 0.256 e. The van der Waals surface area contributed by atoms with Crippen LogP contribution in [0.25, 0.3) is 10.9 Å². The van der Waals surface area contributed by atoms with Gasteiger partial charge in [0.2, 0.25) is 5.91 Å². The molecule has 5 rings (SSSR count). The predicted octanol–water partition coefficient (Wildman–Crippen LogP) is 3.88. The quantitative estimate of drug-likeness (QED) is 0.692. The highest BCUT2D eigenvalue weighted by molar-refractivity contribution is 8.01. The van der Waals surface area contributed by atoms with E-state index in [0.29, 0.717) is 6.54 Å². The van der Waals surface area contributed by atoms with Crippen LogP contribution in [-0.2, 0) is 11.2 Å². The fourth-order valence-electron chi connectivity index (χ4n) is 4.56. The molecule has 1 fully saturated rings. The van der Waals surface area contributed by atoms with Gasteiger partial charge in [-0.15, -0.1) is 11.8 Å². The Hall–Kier alpha value is -2.73. The minimum atomic E-state index is -0.486. The topological polar surface area (TPSA) is 65.2 Å². The summed E-state index contributed by atoms with van der Waals surface area (Å²) in [6.07, 6.45) is 2.75. The lowest BCUT2D eigenvalue weighted by molar-refractivity contribution is -0.126. The van der Waals surface area contributed by atoms with Crippen molar-refractivity contribution in [1.82, 2.24) is 15.2 Å². The number of aromatic amines is 1. The summed E-state index contributed by atoms with van der Waals surface area (Å²) in [5.41, 5.74) is 4.02. The third-order valence-electron chi connectivity index (χ3n) is 5.91. The number of hydrogen-bond donors (Lipinski definition) is 2. The van der Waals surface area contributed by atoms with E-state index in [1.165, 1.54) is 10.9 Å². The van der Waals surface area contributed by atoms with Crippen LogP contribution in [0.15, 0.2) is 54.7 Å². The summed E-state index contributed by atoms with van der Waals surface area (Å²) < 4.78 is -0.348. The molecular weight excluding hydrogens is 382 g/mol. The minimum absolute atomic E-state index is 0.0412. The van der Waals surface area contributed by atoms with Crippen molar-refractivity contribution in [2.75, 3.05) is 6.54 Å². The second kappa shape index (κ2) is 6.66. The summed E-state index contributed by atoms with van der Waals surface area (Å²) >= 11 is 1.69.